The van der Waals surface area contributed by atoms with E-state index in [2.05, 4.69) is 27.7 Å². The minimum atomic E-state index is -0.920. The first-order valence-electron chi connectivity index (χ1n) is 27.0. The van der Waals surface area contributed by atoms with E-state index in [0.717, 1.165) is 51.4 Å². The van der Waals surface area contributed by atoms with Crippen molar-refractivity contribution in [2.45, 2.75) is 317 Å². The molecule has 2 N–H and O–H groups in total. The van der Waals surface area contributed by atoms with Crippen molar-refractivity contribution in [3.63, 3.8) is 0 Å². The van der Waals surface area contributed by atoms with Gasteiger partial charge in [0.15, 0.2) is 0 Å². The van der Waals surface area contributed by atoms with E-state index in [-0.39, 0.29) is 25.9 Å². The van der Waals surface area contributed by atoms with Crippen LogP contribution < -0.4 is 15.3 Å². The van der Waals surface area contributed by atoms with Crippen LogP contribution in [-0.4, -0.2) is 41.3 Å². The number of hydrogen-bond donors (Lipinski definition) is 2. The van der Waals surface area contributed by atoms with Crippen LogP contribution in [0.4, 0.5) is 0 Å². The van der Waals surface area contributed by atoms with Crippen LogP contribution in [0.15, 0.2) is 0 Å². The van der Waals surface area contributed by atoms with Gasteiger partial charge in [0.25, 0.3) is 0 Å². The zero-order valence-corrected chi connectivity index (χ0v) is 42.4. The summed E-state index contributed by atoms with van der Waals surface area (Å²) in [5.74, 6) is -2.73. The van der Waals surface area contributed by atoms with E-state index >= 15 is 0 Å². The Morgan fingerprint density at radius 3 is 0.516 bits per heavy atom. The summed E-state index contributed by atoms with van der Waals surface area (Å²) >= 11 is 0. The molecule has 0 aromatic heterocycles. The summed E-state index contributed by atoms with van der Waals surface area (Å²) in [7, 11) is 0. The second-order valence-electron chi connectivity index (χ2n) is 17.5. The van der Waals surface area contributed by atoms with E-state index in [1.165, 1.54) is 212 Å². The molecule has 0 aromatic carbocycles. The molecule has 0 radical (unpaired) electrons. The Hall–Kier alpha value is -1.67. The molecule has 0 aliphatic rings. The van der Waals surface area contributed by atoms with Gasteiger partial charge in [0.05, 0.1) is 0 Å². The standard InChI is InChI=1S/2C16H32O2.C12H26O.C8H16O2.C2H6O/c2*1-2-3-4-5-6-7-8-9-10-11-12-13-14-15-16(17)18;1-2-3-4-5-6-7-8-9-10-11-12-13;1-2-3-4-5-6-7-8(9)10;1-2-3/h2*2-15H2,1H3,(H,17,18);13H,2-12H2,1H3;2-7H2,1H3,(H,9,10);3H,2H2,1H3/p-3. The highest BCUT2D eigenvalue weighted by Crippen LogP contribution is 2.15. The quantitative estimate of drug-likeness (QED) is 0.0572. The lowest BCUT2D eigenvalue weighted by Gasteiger charge is -2.03. The summed E-state index contributed by atoms with van der Waals surface area (Å²) in [6.45, 7) is 11.2. The lowest BCUT2D eigenvalue weighted by Crippen LogP contribution is -2.21. The fraction of sp³-hybridized carbons (Fsp3) is 0.944. The molecule has 0 heterocycles. The Bertz CT molecular complexity index is 740. The molecule has 0 bridgehead atoms. The predicted molar refractivity (Wildman–Crippen MR) is 261 cm³/mol. The number of aliphatic hydroxyl groups is 2. The average Bonchev–Trinajstić information content (AvgIpc) is 3.24. The maximum Gasteiger partial charge on any atom is 0.0431 e. The number of unbranched alkanes of at least 4 members (excludes halogenated alkanes) is 37. The number of carbonyl (C=O) groups excluding carboxylic acids is 3. The Morgan fingerprint density at radius 1 is 0.258 bits per heavy atom. The molecular formula is C54H109O8-3. The fourth-order valence-electron chi connectivity index (χ4n) is 7.05. The van der Waals surface area contributed by atoms with Crippen molar-refractivity contribution < 1.29 is 39.9 Å². The fourth-order valence-corrected chi connectivity index (χ4v) is 7.05. The molecule has 0 spiro atoms. The summed E-state index contributed by atoms with van der Waals surface area (Å²) in [6.07, 6.45) is 52.8. The minimum absolute atomic E-state index is 0.226. The zero-order valence-electron chi connectivity index (χ0n) is 42.4. The second kappa shape index (κ2) is 71.0. The first kappa shape index (κ1) is 69.4. The van der Waals surface area contributed by atoms with E-state index in [1.807, 2.05) is 0 Å². The zero-order chi connectivity index (χ0) is 47.3. The van der Waals surface area contributed by atoms with Gasteiger partial charge in [-0.15, -0.1) is 0 Å². The third kappa shape index (κ3) is 93.3. The number of aliphatic carboxylic acids is 3. The van der Waals surface area contributed by atoms with Crippen LogP contribution in [0.3, 0.4) is 0 Å². The summed E-state index contributed by atoms with van der Waals surface area (Å²) in [4.78, 5) is 30.3. The monoisotopic (exact) mass is 886 g/mol. The van der Waals surface area contributed by atoms with Crippen molar-refractivity contribution in [2.24, 2.45) is 0 Å². The number of carbonyl (C=O) groups is 3. The summed E-state index contributed by atoms with van der Waals surface area (Å²) in [6, 6.07) is 0. The van der Waals surface area contributed by atoms with Gasteiger partial charge in [-0.2, -0.15) is 0 Å². The van der Waals surface area contributed by atoms with Crippen molar-refractivity contribution in [2.75, 3.05) is 13.2 Å². The molecule has 62 heavy (non-hydrogen) atoms. The molecule has 8 nitrogen and oxygen atoms in total. The molecule has 0 fully saturated rings. The van der Waals surface area contributed by atoms with Gasteiger partial charge in [0, 0.05) is 31.1 Å². The van der Waals surface area contributed by atoms with E-state index in [1.54, 1.807) is 6.92 Å². The van der Waals surface area contributed by atoms with Crippen LogP contribution in [0, 0.1) is 0 Å². The summed E-state index contributed by atoms with van der Waals surface area (Å²) in [5.41, 5.74) is 0. The first-order chi connectivity index (χ1) is 30.1. The third-order valence-corrected chi connectivity index (χ3v) is 11.0. The van der Waals surface area contributed by atoms with Crippen molar-refractivity contribution >= 4 is 17.9 Å². The van der Waals surface area contributed by atoms with Crippen molar-refractivity contribution in [1.82, 2.24) is 0 Å². The lowest BCUT2D eigenvalue weighted by molar-refractivity contribution is -0.307. The van der Waals surface area contributed by atoms with Crippen LogP contribution in [0.1, 0.15) is 317 Å². The van der Waals surface area contributed by atoms with Crippen molar-refractivity contribution in [1.29, 1.82) is 0 Å². The Kier molecular flexibility index (Phi) is 79.4. The Morgan fingerprint density at radius 2 is 0.387 bits per heavy atom. The van der Waals surface area contributed by atoms with Crippen LogP contribution in [0.25, 0.3) is 0 Å². The SMILES string of the molecule is CCCCCCCC(=O)[O-].CCCCCCCCCCCCCCCC(=O)[O-].CCCCCCCCCCCCCCCC(=O)[O-].CCCCCCCCCCCCO.CCO. The maximum absolute atomic E-state index is 10.2. The smallest absolute Gasteiger partial charge is 0.0431 e. The number of carboxylic acid groups (broad SMARTS) is 3. The highest BCUT2D eigenvalue weighted by molar-refractivity contribution is 5.64. The van der Waals surface area contributed by atoms with E-state index < -0.39 is 17.9 Å². The predicted octanol–water partition coefficient (Wildman–Crippen LogP) is 13.4. The molecule has 0 atom stereocenters. The maximum atomic E-state index is 10.2. The molecule has 0 amide bonds. The highest BCUT2D eigenvalue weighted by Gasteiger charge is 1.96. The molecule has 0 saturated heterocycles. The first-order valence-corrected chi connectivity index (χ1v) is 27.0. The van der Waals surface area contributed by atoms with Gasteiger partial charge in [0.2, 0.25) is 0 Å². The van der Waals surface area contributed by atoms with Crippen LogP contribution in [0.2, 0.25) is 0 Å². The number of rotatable bonds is 44. The average molecular weight is 886 g/mol. The van der Waals surface area contributed by atoms with Crippen LogP contribution in [-0.2, 0) is 14.4 Å². The topological polar surface area (TPSA) is 161 Å². The molecule has 0 rings (SSSR count). The Labute approximate surface area is 387 Å². The number of hydrogen-bond acceptors (Lipinski definition) is 8. The van der Waals surface area contributed by atoms with Gasteiger partial charge in [-0.05, 0) is 51.9 Å². The molecule has 0 unspecified atom stereocenters. The van der Waals surface area contributed by atoms with E-state index in [9.17, 15) is 29.7 Å². The van der Waals surface area contributed by atoms with Gasteiger partial charge >= 0.3 is 0 Å². The molecule has 0 aromatic rings. The van der Waals surface area contributed by atoms with E-state index in [4.69, 9.17) is 10.2 Å². The van der Waals surface area contributed by atoms with Crippen LogP contribution in [0.5, 0.6) is 0 Å². The Balaban J connectivity index is -0.000000233. The van der Waals surface area contributed by atoms with Crippen molar-refractivity contribution in [3.05, 3.63) is 0 Å². The van der Waals surface area contributed by atoms with Crippen molar-refractivity contribution in [3.8, 4) is 0 Å². The summed E-state index contributed by atoms with van der Waals surface area (Å²) in [5, 5.41) is 46.4. The molecule has 0 aliphatic carbocycles. The number of carboxylic acids is 3. The lowest BCUT2D eigenvalue weighted by atomic mass is 10.0. The van der Waals surface area contributed by atoms with Gasteiger partial charge in [-0.25, -0.2) is 0 Å². The molecule has 376 valence electrons. The molecule has 0 aliphatic heterocycles. The second-order valence-corrected chi connectivity index (χ2v) is 17.5. The third-order valence-electron chi connectivity index (χ3n) is 11.0. The number of aliphatic hydroxyl groups excluding tert-OH is 2. The van der Waals surface area contributed by atoms with Gasteiger partial charge < -0.3 is 39.9 Å². The van der Waals surface area contributed by atoms with Gasteiger partial charge in [0.1, 0.15) is 0 Å². The normalized spacial score (nSPS) is 10.3. The summed E-state index contributed by atoms with van der Waals surface area (Å²) < 4.78 is 0. The highest BCUT2D eigenvalue weighted by atomic mass is 16.4. The minimum Gasteiger partial charge on any atom is -0.550 e. The molecular weight excluding hydrogens is 777 g/mol. The molecule has 8 heteroatoms. The van der Waals surface area contributed by atoms with Gasteiger partial charge in [-0.3, -0.25) is 0 Å². The molecule has 0 saturated carbocycles. The van der Waals surface area contributed by atoms with E-state index in [0.29, 0.717) is 6.61 Å². The van der Waals surface area contributed by atoms with Crippen LogP contribution >= 0.6 is 0 Å². The van der Waals surface area contributed by atoms with Gasteiger partial charge in [-0.1, -0.05) is 265 Å². The largest absolute Gasteiger partial charge is 0.550 e.